The second kappa shape index (κ2) is 13.2. The third kappa shape index (κ3) is 7.09. The summed E-state index contributed by atoms with van der Waals surface area (Å²) >= 11 is 0. The van der Waals surface area contributed by atoms with Crippen LogP contribution < -0.4 is 10.6 Å². The first-order chi connectivity index (χ1) is 16.5. The molecule has 1 aliphatic carbocycles. The number of hydrogen-bond donors (Lipinski definition) is 2. The molecule has 0 saturated carbocycles. The van der Waals surface area contributed by atoms with Crippen LogP contribution in [0.5, 0.6) is 0 Å². The number of fused-ring (bicyclic) bond motifs is 3. The zero-order chi connectivity index (χ0) is 24.3. The van der Waals surface area contributed by atoms with Gasteiger partial charge in [-0.05, 0) is 41.0 Å². The van der Waals surface area contributed by atoms with Gasteiger partial charge in [0.05, 0.1) is 0 Å². The molecule has 2 amide bonds. The Bertz CT molecular complexity index is 895. The van der Waals surface area contributed by atoms with Gasteiger partial charge in [0.15, 0.2) is 0 Å². The van der Waals surface area contributed by atoms with E-state index in [9.17, 15) is 9.59 Å². The topological polar surface area (TPSA) is 67.4 Å². The lowest BCUT2D eigenvalue weighted by Crippen LogP contribution is -2.48. The minimum atomic E-state index is -0.587. The molecule has 0 aromatic heterocycles. The van der Waals surface area contributed by atoms with E-state index in [0.29, 0.717) is 13.0 Å². The molecule has 0 saturated heterocycles. The highest BCUT2D eigenvalue weighted by atomic mass is 16.5. The molecule has 1 atom stereocenters. The summed E-state index contributed by atoms with van der Waals surface area (Å²) in [7, 11) is 0. The normalized spacial score (nSPS) is 13.3. The smallest absolute Gasteiger partial charge is 0.407 e. The number of ether oxygens (including phenoxy) is 1. The Balaban J connectivity index is 1.51. The van der Waals surface area contributed by atoms with E-state index in [1.165, 1.54) is 47.9 Å². The van der Waals surface area contributed by atoms with Crippen molar-refractivity contribution in [1.29, 1.82) is 0 Å². The van der Waals surface area contributed by atoms with E-state index in [0.717, 1.165) is 12.8 Å². The maximum atomic E-state index is 12.8. The predicted octanol–water partition coefficient (Wildman–Crippen LogP) is 6.42. The molecule has 0 fully saturated rings. The predicted molar refractivity (Wildman–Crippen MR) is 138 cm³/mol. The highest BCUT2D eigenvalue weighted by molar-refractivity contribution is 5.85. The van der Waals surface area contributed by atoms with Crippen molar-refractivity contribution in [2.75, 3.05) is 13.2 Å². The van der Waals surface area contributed by atoms with Gasteiger partial charge in [-0.15, -0.1) is 0 Å². The quantitative estimate of drug-likeness (QED) is 0.336. The molecule has 2 aromatic carbocycles. The maximum Gasteiger partial charge on any atom is 0.407 e. The van der Waals surface area contributed by atoms with Crippen LogP contribution in [0, 0.1) is 5.92 Å². The Labute approximate surface area is 204 Å². The molecule has 2 N–H and O–H groups in total. The van der Waals surface area contributed by atoms with E-state index >= 15 is 0 Å². The molecule has 2 aromatic rings. The fraction of sp³-hybridized carbons (Fsp3) is 0.517. The highest BCUT2D eigenvalue weighted by Gasteiger charge is 2.29. The molecule has 0 radical (unpaired) electrons. The van der Waals surface area contributed by atoms with Crippen LogP contribution in [0.25, 0.3) is 11.1 Å². The van der Waals surface area contributed by atoms with Crippen molar-refractivity contribution in [2.45, 2.75) is 77.7 Å². The van der Waals surface area contributed by atoms with Crippen LogP contribution in [0.3, 0.4) is 0 Å². The fourth-order valence-electron chi connectivity index (χ4n) is 4.73. The monoisotopic (exact) mass is 464 g/mol. The summed E-state index contributed by atoms with van der Waals surface area (Å²) in [5.74, 6) is 0.151. The summed E-state index contributed by atoms with van der Waals surface area (Å²) in [6.45, 7) is 7.19. The molecule has 0 bridgehead atoms. The lowest BCUT2D eigenvalue weighted by atomic mass is 9.98. The lowest BCUT2D eigenvalue weighted by molar-refractivity contribution is -0.123. The second-order valence-corrected chi connectivity index (χ2v) is 9.71. The van der Waals surface area contributed by atoms with Gasteiger partial charge in [-0.25, -0.2) is 4.79 Å². The molecular formula is C29H40N2O3. The van der Waals surface area contributed by atoms with Crippen LogP contribution in [-0.2, 0) is 9.53 Å². The number of carbonyl (C=O) groups excluding carboxylic acids is 2. The van der Waals surface area contributed by atoms with Crippen molar-refractivity contribution in [3.05, 3.63) is 59.7 Å². The number of rotatable bonds is 13. The van der Waals surface area contributed by atoms with E-state index in [4.69, 9.17) is 4.74 Å². The molecule has 5 heteroatoms. The minimum Gasteiger partial charge on any atom is -0.449 e. The number of amides is 2. The average molecular weight is 465 g/mol. The van der Waals surface area contributed by atoms with E-state index in [-0.39, 0.29) is 24.3 Å². The number of carbonyl (C=O) groups is 2. The van der Waals surface area contributed by atoms with Crippen LogP contribution in [0.1, 0.15) is 82.8 Å². The molecule has 0 heterocycles. The third-order valence-corrected chi connectivity index (χ3v) is 6.49. The Hall–Kier alpha value is -2.82. The van der Waals surface area contributed by atoms with Gasteiger partial charge in [-0.2, -0.15) is 0 Å². The molecule has 184 valence electrons. The van der Waals surface area contributed by atoms with Gasteiger partial charge in [0.1, 0.15) is 12.6 Å². The molecule has 34 heavy (non-hydrogen) atoms. The summed E-state index contributed by atoms with van der Waals surface area (Å²) in [5.41, 5.74) is 4.73. The molecule has 1 aliphatic rings. The van der Waals surface area contributed by atoms with Crippen molar-refractivity contribution < 1.29 is 14.3 Å². The SMILES string of the molecule is CCCCCCCCNC(=O)[C@H](CC(C)C)NC(=O)OCC1c2ccccc2-c2ccccc21. The van der Waals surface area contributed by atoms with Crippen LogP contribution in [0.4, 0.5) is 4.79 Å². The van der Waals surface area contributed by atoms with Crippen molar-refractivity contribution in [1.82, 2.24) is 10.6 Å². The number of nitrogens with one attached hydrogen (secondary N) is 2. The van der Waals surface area contributed by atoms with Crippen LogP contribution >= 0.6 is 0 Å². The first-order valence-corrected chi connectivity index (χ1v) is 12.9. The Kier molecular flexibility index (Phi) is 9.99. The van der Waals surface area contributed by atoms with E-state index in [1.54, 1.807) is 0 Å². The standard InChI is InChI=1S/C29H40N2O3/c1-4-5-6-7-8-13-18-30-28(32)27(19-21(2)3)31-29(33)34-20-26-24-16-11-9-14-22(24)23-15-10-12-17-25(23)26/h9-12,14-17,21,26-27H,4-8,13,18-20H2,1-3H3,(H,30,32)(H,31,33)/t27-/m0/s1. The molecule has 0 unspecified atom stereocenters. The summed E-state index contributed by atoms with van der Waals surface area (Å²) in [6, 6.07) is 15.9. The van der Waals surface area contributed by atoms with Gasteiger partial charge >= 0.3 is 6.09 Å². The van der Waals surface area contributed by atoms with Gasteiger partial charge in [-0.3, -0.25) is 4.79 Å². The Morgan fingerprint density at radius 2 is 1.47 bits per heavy atom. The number of benzene rings is 2. The highest BCUT2D eigenvalue weighted by Crippen LogP contribution is 2.44. The Morgan fingerprint density at radius 1 is 0.882 bits per heavy atom. The van der Waals surface area contributed by atoms with Gasteiger partial charge in [-0.1, -0.05) is 101 Å². The summed E-state index contributed by atoms with van der Waals surface area (Å²) in [6.07, 6.45) is 7.08. The third-order valence-electron chi connectivity index (χ3n) is 6.49. The zero-order valence-electron chi connectivity index (χ0n) is 20.9. The van der Waals surface area contributed by atoms with E-state index in [1.807, 2.05) is 38.1 Å². The van der Waals surface area contributed by atoms with Gasteiger partial charge < -0.3 is 15.4 Å². The molecule has 3 rings (SSSR count). The van der Waals surface area contributed by atoms with Gasteiger partial charge in [0.25, 0.3) is 0 Å². The first-order valence-electron chi connectivity index (χ1n) is 12.9. The van der Waals surface area contributed by atoms with Crippen LogP contribution in [0.15, 0.2) is 48.5 Å². The van der Waals surface area contributed by atoms with Crippen LogP contribution in [0.2, 0.25) is 0 Å². The van der Waals surface area contributed by atoms with E-state index < -0.39 is 12.1 Å². The molecule has 5 nitrogen and oxygen atoms in total. The lowest BCUT2D eigenvalue weighted by Gasteiger charge is -2.21. The first kappa shape index (κ1) is 25.8. The van der Waals surface area contributed by atoms with Crippen LogP contribution in [-0.4, -0.2) is 31.2 Å². The van der Waals surface area contributed by atoms with Crippen molar-refractivity contribution >= 4 is 12.0 Å². The van der Waals surface area contributed by atoms with E-state index in [2.05, 4.69) is 41.8 Å². The number of unbranched alkanes of at least 4 members (excludes halogenated alkanes) is 5. The van der Waals surface area contributed by atoms with Crippen molar-refractivity contribution in [3.63, 3.8) is 0 Å². The Morgan fingerprint density at radius 3 is 2.09 bits per heavy atom. The van der Waals surface area contributed by atoms with Crippen molar-refractivity contribution in [2.24, 2.45) is 5.92 Å². The average Bonchev–Trinajstić information content (AvgIpc) is 3.15. The van der Waals surface area contributed by atoms with Gasteiger partial charge in [0.2, 0.25) is 5.91 Å². The molecular weight excluding hydrogens is 424 g/mol. The second-order valence-electron chi connectivity index (χ2n) is 9.71. The number of alkyl carbamates (subject to hydrolysis) is 1. The summed E-state index contributed by atoms with van der Waals surface area (Å²) < 4.78 is 5.65. The number of hydrogen-bond acceptors (Lipinski definition) is 3. The van der Waals surface area contributed by atoms with Crippen molar-refractivity contribution in [3.8, 4) is 11.1 Å². The minimum absolute atomic E-state index is 0.00299. The molecule has 0 spiro atoms. The largest absolute Gasteiger partial charge is 0.449 e. The van der Waals surface area contributed by atoms with Gasteiger partial charge in [0, 0.05) is 12.5 Å². The fourth-order valence-corrected chi connectivity index (χ4v) is 4.73. The summed E-state index contributed by atoms with van der Waals surface area (Å²) in [4.78, 5) is 25.4. The molecule has 0 aliphatic heterocycles. The zero-order valence-corrected chi connectivity index (χ0v) is 20.9. The maximum absolute atomic E-state index is 12.8. The summed E-state index contributed by atoms with van der Waals surface area (Å²) in [5, 5.41) is 5.81.